The number of hydrogen-bond acceptors (Lipinski definition) is 4. The van der Waals surface area contributed by atoms with Crippen molar-refractivity contribution >= 4 is 0 Å². The molecule has 0 atom stereocenters. The molecule has 0 spiro atoms. The molecule has 0 unspecified atom stereocenters. The van der Waals surface area contributed by atoms with Gasteiger partial charge in [-0.2, -0.15) is 0 Å². The van der Waals surface area contributed by atoms with E-state index in [2.05, 4.69) is 29.0 Å². The summed E-state index contributed by atoms with van der Waals surface area (Å²) >= 11 is 0. The molecular weight excluding hydrogens is 276 g/mol. The van der Waals surface area contributed by atoms with Crippen LogP contribution in [0.4, 0.5) is 0 Å². The Bertz CT molecular complexity index is 496. The first-order chi connectivity index (χ1) is 10.8. The number of methoxy groups -OCH3 is 1. The zero-order chi connectivity index (χ0) is 15.4. The molecule has 1 aromatic rings. The van der Waals surface area contributed by atoms with E-state index < -0.39 is 0 Å². The SMILES string of the molecule is COc1cc2c(cc1CCCN1CCN(C)CC1)OCCC2. The van der Waals surface area contributed by atoms with Crippen molar-refractivity contribution in [1.29, 1.82) is 0 Å². The maximum atomic E-state index is 5.80. The second-order valence-electron chi connectivity index (χ2n) is 6.47. The number of aryl methyl sites for hydroxylation is 2. The molecule has 122 valence electrons. The number of likely N-dealkylation sites (N-methyl/N-ethyl adjacent to an activating group) is 1. The van der Waals surface area contributed by atoms with Crippen LogP contribution in [0.2, 0.25) is 0 Å². The van der Waals surface area contributed by atoms with Crippen LogP contribution in [-0.2, 0) is 12.8 Å². The van der Waals surface area contributed by atoms with Crippen molar-refractivity contribution in [2.45, 2.75) is 25.7 Å². The van der Waals surface area contributed by atoms with Gasteiger partial charge in [0.05, 0.1) is 13.7 Å². The van der Waals surface area contributed by atoms with Crippen molar-refractivity contribution in [2.24, 2.45) is 0 Å². The molecule has 22 heavy (non-hydrogen) atoms. The number of nitrogens with zero attached hydrogens (tertiary/aromatic N) is 2. The van der Waals surface area contributed by atoms with Gasteiger partial charge in [0.2, 0.25) is 0 Å². The summed E-state index contributed by atoms with van der Waals surface area (Å²) in [5, 5.41) is 0. The van der Waals surface area contributed by atoms with E-state index in [9.17, 15) is 0 Å². The summed E-state index contributed by atoms with van der Waals surface area (Å²) in [7, 11) is 3.98. The highest BCUT2D eigenvalue weighted by atomic mass is 16.5. The van der Waals surface area contributed by atoms with Gasteiger partial charge in [0.1, 0.15) is 11.5 Å². The minimum absolute atomic E-state index is 0.847. The van der Waals surface area contributed by atoms with Gasteiger partial charge >= 0.3 is 0 Å². The monoisotopic (exact) mass is 304 g/mol. The Labute approximate surface area is 134 Å². The Morgan fingerprint density at radius 3 is 2.77 bits per heavy atom. The van der Waals surface area contributed by atoms with E-state index in [0.29, 0.717) is 0 Å². The van der Waals surface area contributed by atoms with Crippen LogP contribution >= 0.6 is 0 Å². The smallest absolute Gasteiger partial charge is 0.123 e. The van der Waals surface area contributed by atoms with Crippen molar-refractivity contribution in [3.8, 4) is 11.5 Å². The van der Waals surface area contributed by atoms with Crippen molar-refractivity contribution < 1.29 is 9.47 Å². The highest BCUT2D eigenvalue weighted by Crippen LogP contribution is 2.32. The summed E-state index contributed by atoms with van der Waals surface area (Å²) in [5.74, 6) is 2.10. The number of fused-ring (bicyclic) bond motifs is 1. The lowest BCUT2D eigenvalue weighted by atomic mass is 10.0. The molecule has 1 fully saturated rings. The maximum absolute atomic E-state index is 5.80. The Balaban J connectivity index is 1.57. The van der Waals surface area contributed by atoms with E-state index in [1.54, 1.807) is 7.11 Å². The molecular formula is C18H28N2O2. The fraction of sp³-hybridized carbons (Fsp3) is 0.667. The van der Waals surface area contributed by atoms with E-state index in [1.807, 2.05) is 0 Å². The van der Waals surface area contributed by atoms with Crippen LogP contribution in [-0.4, -0.2) is 63.3 Å². The lowest BCUT2D eigenvalue weighted by molar-refractivity contribution is 0.153. The van der Waals surface area contributed by atoms with E-state index in [1.165, 1.54) is 50.3 Å². The van der Waals surface area contributed by atoms with Crippen LogP contribution in [0.5, 0.6) is 11.5 Å². The van der Waals surface area contributed by atoms with E-state index in [0.717, 1.165) is 37.4 Å². The standard InChI is InChI=1S/C18H28N2O2/c1-19-8-10-20(11-9-19)7-3-5-15-14-18-16(6-4-12-22-18)13-17(15)21-2/h13-14H,3-12H2,1-2H3. The lowest BCUT2D eigenvalue weighted by Crippen LogP contribution is -2.44. The second-order valence-corrected chi connectivity index (χ2v) is 6.47. The van der Waals surface area contributed by atoms with Gasteiger partial charge < -0.3 is 19.3 Å². The quantitative estimate of drug-likeness (QED) is 0.832. The number of piperazine rings is 1. The number of ether oxygens (including phenoxy) is 2. The molecule has 2 heterocycles. The minimum atomic E-state index is 0.847. The first kappa shape index (κ1) is 15.6. The van der Waals surface area contributed by atoms with E-state index >= 15 is 0 Å². The van der Waals surface area contributed by atoms with Crippen molar-refractivity contribution in [3.63, 3.8) is 0 Å². The third-order valence-electron chi connectivity index (χ3n) is 4.83. The normalized spacial score (nSPS) is 19.5. The molecule has 2 aliphatic heterocycles. The third kappa shape index (κ3) is 3.73. The molecule has 3 rings (SSSR count). The maximum Gasteiger partial charge on any atom is 0.123 e. The van der Waals surface area contributed by atoms with E-state index in [4.69, 9.17) is 9.47 Å². The number of rotatable bonds is 5. The Kier molecular flexibility index (Phi) is 5.21. The summed E-state index contributed by atoms with van der Waals surface area (Å²) in [6.45, 7) is 6.79. The molecule has 4 nitrogen and oxygen atoms in total. The molecule has 2 aliphatic rings. The molecule has 0 bridgehead atoms. The average Bonchev–Trinajstić information content (AvgIpc) is 2.56. The van der Waals surface area contributed by atoms with E-state index in [-0.39, 0.29) is 0 Å². The fourth-order valence-corrected chi connectivity index (χ4v) is 3.37. The van der Waals surface area contributed by atoms with Gasteiger partial charge in [-0.3, -0.25) is 0 Å². The summed E-state index contributed by atoms with van der Waals surface area (Å²) in [4.78, 5) is 4.97. The van der Waals surface area contributed by atoms with Crippen LogP contribution in [0.3, 0.4) is 0 Å². The van der Waals surface area contributed by atoms with Gasteiger partial charge in [-0.05, 0) is 62.5 Å². The van der Waals surface area contributed by atoms with Crippen molar-refractivity contribution in [3.05, 3.63) is 23.3 Å². The third-order valence-corrected chi connectivity index (χ3v) is 4.83. The van der Waals surface area contributed by atoms with Crippen LogP contribution in [0.1, 0.15) is 24.0 Å². The van der Waals surface area contributed by atoms with Crippen LogP contribution in [0, 0.1) is 0 Å². The van der Waals surface area contributed by atoms with Crippen LogP contribution < -0.4 is 9.47 Å². The van der Waals surface area contributed by atoms with Gasteiger partial charge in [-0.1, -0.05) is 0 Å². The van der Waals surface area contributed by atoms with Crippen LogP contribution in [0.15, 0.2) is 12.1 Å². The summed E-state index contributed by atoms with van der Waals surface area (Å²) in [6, 6.07) is 4.39. The van der Waals surface area contributed by atoms with Crippen molar-refractivity contribution in [1.82, 2.24) is 9.80 Å². The molecule has 1 aromatic carbocycles. The van der Waals surface area contributed by atoms with Gasteiger partial charge in [0.15, 0.2) is 0 Å². The zero-order valence-electron chi connectivity index (χ0n) is 13.9. The highest BCUT2D eigenvalue weighted by Gasteiger charge is 2.16. The molecule has 0 aliphatic carbocycles. The Hall–Kier alpha value is -1.26. The molecule has 0 radical (unpaired) electrons. The fourth-order valence-electron chi connectivity index (χ4n) is 3.37. The molecule has 4 heteroatoms. The first-order valence-electron chi connectivity index (χ1n) is 8.50. The second kappa shape index (κ2) is 7.34. The first-order valence-corrected chi connectivity index (χ1v) is 8.50. The predicted molar refractivity (Wildman–Crippen MR) is 89.1 cm³/mol. The Morgan fingerprint density at radius 1 is 1.18 bits per heavy atom. The predicted octanol–water partition coefficient (Wildman–Crippen LogP) is 2.20. The largest absolute Gasteiger partial charge is 0.496 e. The summed E-state index contributed by atoms with van der Waals surface area (Å²) in [6.07, 6.45) is 4.46. The zero-order valence-corrected chi connectivity index (χ0v) is 13.9. The minimum Gasteiger partial charge on any atom is -0.496 e. The number of benzene rings is 1. The average molecular weight is 304 g/mol. The van der Waals surface area contributed by atoms with Gasteiger partial charge in [0, 0.05) is 26.2 Å². The molecule has 0 amide bonds. The van der Waals surface area contributed by atoms with Gasteiger partial charge in [0.25, 0.3) is 0 Å². The highest BCUT2D eigenvalue weighted by molar-refractivity contribution is 5.47. The molecule has 0 saturated carbocycles. The van der Waals surface area contributed by atoms with Gasteiger partial charge in [-0.15, -0.1) is 0 Å². The lowest BCUT2D eigenvalue weighted by Gasteiger charge is -2.32. The number of hydrogen-bond donors (Lipinski definition) is 0. The summed E-state index contributed by atoms with van der Waals surface area (Å²) < 4.78 is 11.4. The van der Waals surface area contributed by atoms with Gasteiger partial charge in [-0.25, -0.2) is 0 Å². The molecule has 0 N–H and O–H groups in total. The topological polar surface area (TPSA) is 24.9 Å². The van der Waals surface area contributed by atoms with Crippen LogP contribution in [0.25, 0.3) is 0 Å². The summed E-state index contributed by atoms with van der Waals surface area (Å²) in [5.41, 5.74) is 2.59. The molecule has 1 saturated heterocycles. The molecule has 0 aromatic heterocycles. The Morgan fingerprint density at radius 2 is 2.00 bits per heavy atom. The van der Waals surface area contributed by atoms with Crippen molar-refractivity contribution in [2.75, 3.05) is 53.5 Å².